The Kier molecular flexibility index (Phi) is 2.47. The van der Waals surface area contributed by atoms with Crippen LogP contribution in [0.15, 0.2) is 24.3 Å². The zero-order valence-electron chi connectivity index (χ0n) is 9.83. The van der Waals surface area contributed by atoms with Gasteiger partial charge in [0.05, 0.1) is 0 Å². The summed E-state index contributed by atoms with van der Waals surface area (Å²) >= 11 is 0. The van der Waals surface area contributed by atoms with E-state index in [2.05, 4.69) is 50.2 Å². The highest BCUT2D eigenvalue weighted by Crippen LogP contribution is 2.50. The summed E-state index contributed by atoms with van der Waals surface area (Å²) in [5.74, 6) is 0. The number of hydrogen-bond donors (Lipinski definition) is 1. The third-order valence-corrected chi connectivity index (χ3v) is 3.60. The lowest BCUT2D eigenvalue weighted by Gasteiger charge is -2.22. The van der Waals surface area contributed by atoms with Crippen LogP contribution in [0, 0.1) is 0 Å². The molecule has 1 aromatic rings. The molecule has 0 radical (unpaired) electrons. The van der Waals surface area contributed by atoms with Crippen molar-refractivity contribution in [2.24, 2.45) is 5.73 Å². The lowest BCUT2D eigenvalue weighted by atomic mass is 9.89. The van der Waals surface area contributed by atoms with Crippen molar-refractivity contribution in [3.63, 3.8) is 0 Å². The quantitative estimate of drug-likeness (QED) is 0.817. The molecule has 2 heteroatoms. The molecule has 0 amide bonds. The molecule has 1 fully saturated rings. The first-order valence-electron chi connectivity index (χ1n) is 5.60. The Morgan fingerprint density at radius 1 is 1.33 bits per heavy atom. The first kappa shape index (κ1) is 10.5. The van der Waals surface area contributed by atoms with E-state index >= 15 is 0 Å². The van der Waals surface area contributed by atoms with Crippen LogP contribution in [0.1, 0.15) is 25.3 Å². The Bertz CT molecular complexity index is 351. The maximum absolute atomic E-state index is 6.08. The zero-order chi connectivity index (χ0) is 11.1. The summed E-state index contributed by atoms with van der Waals surface area (Å²) in [5.41, 5.74) is 9.02. The van der Waals surface area contributed by atoms with Crippen LogP contribution in [0.5, 0.6) is 0 Å². The molecule has 1 aliphatic rings. The maximum Gasteiger partial charge on any atom is 0.0363 e. The molecule has 0 aliphatic heterocycles. The van der Waals surface area contributed by atoms with Gasteiger partial charge in [0, 0.05) is 31.2 Å². The summed E-state index contributed by atoms with van der Waals surface area (Å²) in [5, 5.41) is 0. The van der Waals surface area contributed by atoms with Crippen LogP contribution in [0.3, 0.4) is 0 Å². The number of hydrogen-bond acceptors (Lipinski definition) is 2. The fourth-order valence-corrected chi connectivity index (χ4v) is 2.24. The Balaban J connectivity index is 2.33. The molecule has 0 aromatic heterocycles. The maximum atomic E-state index is 6.08. The first-order chi connectivity index (χ1) is 7.06. The van der Waals surface area contributed by atoms with Gasteiger partial charge in [-0.1, -0.05) is 12.1 Å². The fourth-order valence-electron chi connectivity index (χ4n) is 2.24. The van der Waals surface area contributed by atoms with E-state index in [1.807, 2.05) is 0 Å². The molecule has 1 saturated carbocycles. The largest absolute Gasteiger partial charge is 0.378 e. The van der Waals surface area contributed by atoms with Gasteiger partial charge in [0.1, 0.15) is 0 Å². The summed E-state index contributed by atoms with van der Waals surface area (Å²) < 4.78 is 0. The minimum Gasteiger partial charge on any atom is -0.378 e. The van der Waals surface area contributed by atoms with Crippen LogP contribution in [0.4, 0.5) is 5.69 Å². The minimum atomic E-state index is 0.259. The predicted octanol–water partition coefficient (Wildman–Crippen LogP) is 2.13. The highest BCUT2D eigenvalue weighted by Gasteiger charge is 2.47. The van der Waals surface area contributed by atoms with E-state index in [0.29, 0.717) is 0 Å². The van der Waals surface area contributed by atoms with Crippen LogP contribution >= 0.6 is 0 Å². The van der Waals surface area contributed by atoms with Gasteiger partial charge in [-0.15, -0.1) is 0 Å². The molecule has 2 rings (SSSR count). The van der Waals surface area contributed by atoms with Gasteiger partial charge >= 0.3 is 0 Å². The molecule has 15 heavy (non-hydrogen) atoms. The number of anilines is 1. The number of rotatable bonds is 3. The lowest BCUT2D eigenvalue weighted by Crippen LogP contribution is -2.31. The van der Waals surface area contributed by atoms with Crippen LogP contribution in [0.25, 0.3) is 0 Å². The van der Waals surface area contributed by atoms with Crippen molar-refractivity contribution in [2.45, 2.75) is 31.2 Å². The van der Waals surface area contributed by atoms with E-state index in [0.717, 1.165) is 0 Å². The average molecular weight is 204 g/mol. The van der Waals surface area contributed by atoms with E-state index in [1.165, 1.54) is 24.1 Å². The molecular weight excluding hydrogens is 184 g/mol. The van der Waals surface area contributed by atoms with Gasteiger partial charge in [0.2, 0.25) is 0 Å². The second-order valence-electron chi connectivity index (χ2n) is 4.89. The molecule has 82 valence electrons. The standard InChI is InChI=1S/C13H20N2/c1-10(14)13(7-8-13)11-5-4-6-12(9-11)15(2)3/h4-6,9-10H,7-8,14H2,1-3H3. The number of nitrogens with zero attached hydrogens (tertiary/aromatic N) is 1. The lowest BCUT2D eigenvalue weighted by molar-refractivity contribution is 0.556. The summed E-state index contributed by atoms with van der Waals surface area (Å²) in [6, 6.07) is 9.02. The SMILES string of the molecule is CC(N)C1(c2cccc(N(C)C)c2)CC1. The molecule has 2 N–H and O–H groups in total. The van der Waals surface area contributed by atoms with Gasteiger partial charge in [-0.05, 0) is 37.5 Å². The summed E-state index contributed by atoms with van der Waals surface area (Å²) in [7, 11) is 4.15. The highest BCUT2D eigenvalue weighted by molar-refractivity contribution is 5.50. The molecule has 0 spiro atoms. The third-order valence-electron chi connectivity index (χ3n) is 3.60. The van der Waals surface area contributed by atoms with Crippen molar-refractivity contribution in [3.05, 3.63) is 29.8 Å². The van der Waals surface area contributed by atoms with Crippen molar-refractivity contribution < 1.29 is 0 Å². The van der Waals surface area contributed by atoms with E-state index in [9.17, 15) is 0 Å². The highest BCUT2D eigenvalue weighted by atomic mass is 15.1. The van der Waals surface area contributed by atoms with Gasteiger partial charge in [-0.3, -0.25) is 0 Å². The predicted molar refractivity (Wildman–Crippen MR) is 65.3 cm³/mol. The molecule has 1 aliphatic carbocycles. The normalized spacial score (nSPS) is 19.7. The van der Waals surface area contributed by atoms with Crippen molar-refractivity contribution in [3.8, 4) is 0 Å². The van der Waals surface area contributed by atoms with Crippen molar-refractivity contribution >= 4 is 5.69 Å². The smallest absolute Gasteiger partial charge is 0.0363 e. The van der Waals surface area contributed by atoms with Gasteiger partial charge in [-0.2, -0.15) is 0 Å². The van der Waals surface area contributed by atoms with Gasteiger partial charge < -0.3 is 10.6 Å². The Hall–Kier alpha value is -1.02. The summed E-state index contributed by atoms with van der Waals surface area (Å²) in [6.07, 6.45) is 2.48. The molecule has 0 heterocycles. The van der Waals surface area contributed by atoms with Crippen molar-refractivity contribution in [1.29, 1.82) is 0 Å². The summed E-state index contributed by atoms with van der Waals surface area (Å²) in [4.78, 5) is 2.14. The molecule has 0 bridgehead atoms. The van der Waals surface area contributed by atoms with Gasteiger partial charge in [0.25, 0.3) is 0 Å². The average Bonchev–Trinajstić information content (AvgIpc) is 2.98. The van der Waals surface area contributed by atoms with Gasteiger partial charge in [0.15, 0.2) is 0 Å². The third kappa shape index (κ3) is 1.74. The second kappa shape index (κ2) is 3.53. The van der Waals surface area contributed by atoms with Gasteiger partial charge in [-0.25, -0.2) is 0 Å². The summed E-state index contributed by atoms with van der Waals surface area (Å²) in [6.45, 7) is 2.12. The van der Waals surface area contributed by atoms with Crippen molar-refractivity contribution in [1.82, 2.24) is 0 Å². The fraction of sp³-hybridized carbons (Fsp3) is 0.538. The van der Waals surface area contributed by atoms with Crippen LogP contribution in [-0.2, 0) is 5.41 Å². The van der Waals surface area contributed by atoms with Crippen LogP contribution in [0.2, 0.25) is 0 Å². The minimum absolute atomic E-state index is 0.259. The topological polar surface area (TPSA) is 29.3 Å². The Morgan fingerprint density at radius 2 is 2.00 bits per heavy atom. The van der Waals surface area contributed by atoms with E-state index in [1.54, 1.807) is 0 Å². The molecule has 1 atom stereocenters. The molecule has 1 aromatic carbocycles. The van der Waals surface area contributed by atoms with E-state index in [4.69, 9.17) is 5.73 Å². The Morgan fingerprint density at radius 3 is 2.47 bits per heavy atom. The van der Waals surface area contributed by atoms with E-state index in [-0.39, 0.29) is 11.5 Å². The first-order valence-corrected chi connectivity index (χ1v) is 5.60. The molecule has 1 unspecified atom stereocenters. The Labute approximate surface area is 92.1 Å². The second-order valence-corrected chi connectivity index (χ2v) is 4.89. The van der Waals surface area contributed by atoms with Crippen molar-refractivity contribution in [2.75, 3.05) is 19.0 Å². The van der Waals surface area contributed by atoms with E-state index < -0.39 is 0 Å². The molecule has 0 saturated heterocycles. The molecular formula is C13H20N2. The molecule has 2 nitrogen and oxygen atoms in total. The zero-order valence-corrected chi connectivity index (χ0v) is 9.83. The van der Waals surface area contributed by atoms with Crippen LogP contribution in [-0.4, -0.2) is 20.1 Å². The number of benzene rings is 1. The monoisotopic (exact) mass is 204 g/mol. The van der Waals surface area contributed by atoms with Crippen LogP contribution < -0.4 is 10.6 Å². The number of nitrogens with two attached hydrogens (primary N) is 1.